The van der Waals surface area contributed by atoms with Gasteiger partial charge in [-0.1, -0.05) is 21.1 Å². The number of aryl methyl sites for hydroxylation is 1. The van der Waals surface area contributed by atoms with E-state index in [9.17, 15) is 0 Å². The molecule has 0 aromatic carbocycles. The molecule has 15 heavy (non-hydrogen) atoms. The molecule has 5 heteroatoms. The third-order valence-electron chi connectivity index (χ3n) is 3.28. The summed E-state index contributed by atoms with van der Waals surface area (Å²) in [6, 6.07) is 0. The summed E-state index contributed by atoms with van der Waals surface area (Å²) in [5.74, 6) is 0. The summed E-state index contributed by atoms with van der Waals surface area (Å²) in [5, 5.41) is 9.06. The van der Waals surface area contributed by atoms with Crippen molar-refractivity contribution in [2.75, 3.05) is 11.9 Å². The van der Waals surface area contributed by atoms with Gasteiger partial charge in [-0.2, -0.15) is 0 Å². The highest BCUT2D eigenvalue weighted by Gasteiger charge is 2.41. The Morgan fingerprint density at radius 3 is 3.00 bits per heavy atom. The Morgan fingerprint density at radius 2 is 2.53 bits per heavy atom. The smallest absolute Gasteiger partial charge is 0.0833 e. The van der Waals surface area contributed by atoms with E-state index >= 15 is 0 Å². The lowest BCUT2D eigenvalue weighted by atomic mass is 9.80. The zero-order chi connectivity index (χ0) is 10.9. The average molecular weight is 274 g/mol. The average Bonchev–Trinajstić information content (AvgIpc) is 2.76. The first-order chi connectivity index (χ1) is 7.16. The van der Waals surface area contributed by atoms with Crippen LogP contribution >= 0.6 is 15.9 Å². The molecule has 0 aliphatic carbocycles. The van der Waals surface area contributed by atoms with E-state index in [1.807, 2.05) is 13.2 Å². The number of ether oxygens (including phenoxy) is 1. The van der Waals surface area contributed by atoms with Gasteiger partial charge in [0, 0.05) is 37.0 Å². The lowest BCUT2D eigenvalue weighted by Gasteiger charge is -2.29. The second-order valence-electron chi connectivity index (χ2n) is 4.32. The van der Waals surface area contributed by atoms with Crippen LogP contribution in [0.1, 0.15) is 19.0 Å². The monoisotopic (exact) mass is 273 g/mol. The SMILES string of the molecule is CC1OCCC1(CBr)Cc1cn(C)nn1. The van der Waals surface area contributed by atoms with Crippen molar-refractivity contribution >= 4 is 15.9 Å². The lowest BCUT2D eigenvalue weighted by molar-refractivity contribution is 0.0742. The van der Waals surface area contributed by atoms with Crippen molar-refractivity contribution in [3.8, 4) is 0 Å². The summed E-state index contributed by atoms with van der Waals surface area (Å²) >= 11 is 3.60. The Balaban J connectivity index is 2.14. The molecule has 0 saturated carbocycles. The lowest BCUT2D eigenvalue weighted by Crippen LogP contribution is -2.33. The quantitative estimate of drug-likeness (QED) is 0.785. The van der Waals surface area contributed by atoms with Crippen molar-refractivity contribution in [3.05, 3.63) is 11.9 Å². The molecule has 1 aliphatic rings. The minimum atomic E-state index is 0.191. The van der Waals surface area contributed by atoms with Crippen molar-refractivity contribution in [3.63, 3.8) is 0 Å². The van der Waals surface area contributed by atoms with E-state index in [2.05, 4.69) is 33.2 Å². The fourth-order valence-electron chi connectivity index (χ4n) is 2.11. The van der Waals surface area contributed by atoms with Crippen molar-refractivity contribution < 1.29 is 4.74 Å². The summed E-state index contributed by atoms with van der Waals surface area (Å²) in [7, 11) is 1.89. The molecule has 2 atom stereocenters. The second-order valence-corrected chi connectivity index (χ2v) is 4.88. The molecule has 2 rings (SSSR count). The normalized spacial score (nSPS) is 31.0. The Kier molecular flexibility index (Phi) is 3.11. The van der Waals surface area contributed by atoms with Gasteiger partial charge >= 0.3 is 0 Å². The van der Waals surface area contributed by atoms with Crippen LogP contribution in [0.15, 0.2) is 6.20 Å². The van der Waals surface area contributed by atoms with Gasteiger partial charge in [-0.25, -0.2) is 0 Å². The summed E-state index contributed by atoms with van der Waals surface area (Å²) in [5.41, 5.74) is 1.24. The largest absolute Gasteiger partial charge is 0.378 e. The molecule has 0 amide bonds. The highest BCUT2D eigenvalue weighted by Crippen LogP contribution is 2.39. The molecule has 84 valence electrons. The van der Waals surface area contributed by atoms with Crippen LogP contribution in [0.4, 0.5) is 0 Å². The van der Waals surface area contributed by atoms with Crippen LogP contribution in [0.5, 0.6) is 0 Å². The van der Waals surface area contributed by atoms with E-state index in [1.54, 1.807) is 4.68 Å². The fraction of sp³-hybridized carbons (Fsp3) is 0.800. The Labute approximate surface area is 98.1 Å². The molecular formula is C10H16BrN3O. The van der Waals surface area contributed by atoms with E-state index in [0.717, 1.165) is 30.5 Å². The molecule has 0 spiro atoms. The van der Waals surface area contributed by atoms with Crippen molar-refractivity contribution in [2.45, 2.75) is 25.9 Å². The van der Waals surface area contributed by atoms with Gasteiger partial charge in [-0.05, 0) is 13.3 Å². The van der Waals surface area contributed by atoms with Crippen LogP contribution in [-0.2, 0) is 18.2 Å². The van der Waals surface area contributed by atoms with Gasteiger partial charge in [-0.3, -0.25) is 4.68 Å². The maximum atomic E-state index is 5.65. The van der Waals surface area contributed by atoms with E-state index in [1.165, 1.54) is 0 Å². The molecule has 0 bridgehead atoms. The maximum absolute atomic E-state index is 5.65. The van der Waals surface area contributed by atoms with Gasteiger partial charge in [0.05, 0.1) is 11.8 Å². The Hall–Kier alpha value is -0.420. The first-order valence-electron chi connectivity index (χ1n) is 5.19. The molecule has 1 aromatic heterocycles. The highest BCUT2D eigenvalue weighted by atomic mass is 79.9. The second kappa shape index (κ2) is 4.22. The summed E-state index contributed by atoms with van der Waals surface area (Å²) in [4.78, 5) is 0. The Bertz CT molecular complexity index is 341. The van der Waals surface area contributed by atoms with Crippen LogP contribution in [0.3, 0.4) is 0 Å². The minimum Gasteiger partial charge on any atom is -0.378 e. The first-order valence-corrected chi connectivity index (χ1v) is 6.31. The van der Waals surface area contributed by atoms with E-state index in [0.29, 0.717) is 6.10 Å². The summed E-state index contributed by atoms with van der Waals surface area (Å²) in [6.45, 7) is 3.00. The van der Waals surface area contributed by atoms with Gasteiger partial charge in [0.2, 0.25) is 0 Å². The third kappa shape index (κ3) is 2.08. The summed E-state index contributed by atoms with van der Waals surface area (Å²) in [6.07, 6.45) is 4.30. The van der Waals surface area contributed by atoms with E-state index in [4.69, 9.17) is 4.74 Å². The first kappa shape index (κ1) is 11.1. The zero-order valence-corrected chi connectivity index (χ0v) is 10.7. The van der Waals surface area contributed by atoms with Crippen LogP contribution in [0, 0.1) is 5.41 Å². The highest BCUT2D eigenvalue weighted by molar-refractivity contribution is 9.09. The van der Waals surface area contributed by atoms with Crippen LogP contribution in [-0.4, -0.2) is 33.0 Å². The molecule has 2 unspecified atom stereocenters. The zero-order valence-electron chi connectivity index (χ0n) is 9.11. The van der Waals surface area contributed by atoms with Gasteiger partial charge in [0.1, 0.15) is 0 Å². The van der Waals surface area contributed by atoms with E-state index in [-0.39, 0.29) is 5.41 Å². The predicted octanol–water partition coefficient (Wildman–Crippen LogP) is 1.55. The molecular weight excluding hydrogens is 258 g/mol. The van der Waals surface area contributed by atoms with Gasteiger partial charge < -0.3 is 4.74 Å². The number of hydrogen-bond acceptors (Lipinski definition) is 3. The van der Waals surface area contributed by atoms with Crippen LogP contribution < -0.4 is 0 Å². The molecule has 2 heterocycles. The number of alkyl halides is 1. The standard InChI is InChI=1S/C10H16BrN3O/c1-8-10(7-11,3-4-15-8)5-9-6-14(2)13-12-9/h6,8H,3-5,7H2,1-2H3. The number of aromatic nitrogens is 3. The topological polar surface area (TPSA) is 39.9 Å². The molecule has 4 nitrogen and oxygen atoms in total. The predicted molar refractivity (Wildman–Crippen MR) is 61.0 cm³/mol. The molecule has 1 saturated heterocycles. The third-order valence-corrected chi connectivity index (χ3v) is 4.40. The minimum absolute atomic E-state index is 0.191. The molecule has 0 N–H and O–H groups in total. The number of nitrogens with zero attached hydrogens (tertiary/aromatic N) is 3. The maximum Gasteiger partial charge on any atom is 0.0833 e. The molecule has 1 aliphatic heterocycles. The fourth-order valence-corrected chi connectivity index (χ4v) is 3.05. The molecule has 1 fully saturated rings. The summed E-state index contributed by atoms with van der Waals surface area (Å²) < 4.78 is 7.40. The van der Waals surface area contributed by atoms with Crippen LogP contribution in [0.2, 0.25) is 0 Å². The van der Waals surface area contributed by atoms with Crippen molar-refractivity contribution in [1.82, 2.24) is 15.0 Å². The molecule has 1 aromatic rings. The number of rotatable bonds is 3. The number of hydrogen-bond donors (Lipinski definition) is 0. The number of halogens is 1. The van der Waals surface area contributed by atoms with E-state index < -0.39 is 0 Å². The van der Waals surface area contributed by atoms with Gasteiger partial charge in [0.15, 0.2) is 0 Å². The van der Waals surface area contributed by atoms with Crippen LogP contribution in [0.25, 0.3) is 0 Å². The van der Waals surface area contributed by atoms with Gasteiger partial charge in [0.25, 0.3) is 0 Å². The van der Waals surface area contributed by atoms with Gasteiger partial charge in [-0.15, -0.1) is 5.10 Å². The van der Waals surface area contributed by atoms with Crippen molar-refractivity contribution in [1.29, 1.82) is 0 Å². The van der Waals surface area contributed by atoms with Crippen molar-refractivity contribution in [2.24, 2.45) is 12.5 Å². The molecule has 0 radical (unpaired) electrons. The Morgan fingerprint density at radius 1 is 1.73 bits per heavy atom.